The highest BCUT2D eigenvalue weighted by Gasteiger charge is 2.28. The minimum Gasteiger partial charge on any atom is -0.295 e. The third-order valence-electron chi connectivity index (χ3n) is 4.23. The molecule has 0 N–H and O–H groups in total. The van der Waals surface area contributed by atoms with Crippen LogP contribution in [0, 0.1) is 0 Å². The fraction of sp³-hybridized carbons (Fsp3) is 0.471. The van der Waals surface area contributed by atoms with Crippen LogP contribution in [-0.2, 0) is 16.6 Å². The van der Waals surface area contributed by atoms with E-state index in [1.807, 2.05) is 0 Å². The molecule has 2 heterocycles. The lowest BCUT2D eigenvalue weighted by atomic mass is 10.2. The minimum absolute atomic E-state index is 0.352. The summed E-state index contributed by atoms with van der Waals surface area (Å²) in [6.45, 7) is 7.56. The quantitative estimate of drug-likeness (QED) is 0.708. The molecule has 1 aromatic heterocycles. The van der Waals surface area contributed by atoms with Crippen molar-refractivity contribution < 1.29 is 8.42 Å². The zero-order valence-corrected chi connectivity index (χ0v) is 17.6. The van der Waals surface area contributed by atoms with Crippen molar-refractivity contribution in [1.82, 2.24) is 14.2 Å². The summed E-state index contributed by atoms with van der Waals surface area (Å²) in [5.74, 6) is 0.451. The van der Waals surface area contributed by atoms with E-state index in [9.17, 15) is 8.42 Å². The van der Waals surface area contributed by atoms with Gasteiger partial charge in [-0.05, 0) is 24.3 Å². The van der Waals surface area contributed by atoms with E-state index in [4.69, 9.17) is 0 Å². The van der Waals surface area contributed by atoms with E-state index in [-0.39, 0.29) is 0 Å². The highest BCUT2D eigenvalue weighted by atomic mass is 79.9. The highest BCUT2D eigenvalue weighted by Crippen LogP contribution is 2.22. The van der Waals surface area contributed by atoms with Crippen LogP contribution in [0.4, 0.5) is 0 Å². The Labute approximate surface area is 161 Å². The van der Waals surface area contributed by atoms with E-state index < -0.39 is 10.0 Å². The first-order valence-corrected chi connectivity index (χ1v) is 11.4. The van der Waals surface area contributed by atoms with E-state index in [0.29, 0.717) is 23.9 Å². The number of nitrogens with zero attached hydrogens (tertiary/aromatic N) is 3. The Morgan fingerprint density at radius 3 is 2.36 bits per heavy atom. The molecule has 0 amide bonds. The Balaban J connectivity index is 1.60. The van der Waals surface area contributed by atoms with Gasteiger partial charge in [0, 0.05) is 48.5 Å². The SMILES string of the molecule is CC(C)c1nc(CN2CCN(S(=O)(=O)c3ccc(Br)cc3)CC2)cs1. The van der Waals surface area contributed by atoms with Crippen LogP contribution in [0.2, 0.25) is 0 Å². The maximum Gasteiger partial charge on any atom is 0.243 e. The Kier molecular flexibility index (Phi) is 5.95. The number of sulfonamides is 1. The molecule has 5 nitrogen and oxygen atoms in total. The molecule has 0 radical (unpaired) electrons. The number of aromatic nitrogens is 1. The van der Waals surface area contributed by atoms with Crippen molar-refractivity contribution >= 4 is 37.3 Å². The van der Waals surface area contributed by atoms with Crippen LogP contribution in [0.5, 0.6) is 0 Å². The molecule has 0 bridgehead atoms. The predicted molar refractivity (Wildman–Crippen MR) is 104 cm³/mol. The van der Waals surface area contributed by atoms with Gasteiger partial charge in [0.15, 0.2) is 0 Å². The monoisotopic (exact) mass is 443 g/mol. The van der Waals surface area contributed by atoms with E-state index in [0.717, 1.165) is 34.8 Å². The maximum absolute atomic E-state index is 12.7. The van der Waals surface area contributed by atoms with Gasteiger partial charge in [-0.3, -0.25) is 4.90 Å². The van der Waals surface area contributed by atoms with Gasteiger partial charge in [-0.2, -0.15) is 4.31 Å². The smallest absolute Gasteiger partial charge is 0.243 e. The number of hydrogen-bond donors (Lipinski definition) is 0. The zero-order valence-electron chi connectivity index (χ0n) is 14.4. The van der Waals surface area contributed by atoms with Crippen molar-refractivity contribution in [2.24, 2.45) is 0 Å². The van der Waals surface area contributed by atoms with Crippen LogP contribution in [-0.4, -0.2) is 48.8 Å². The molecule has 1 fully saturated rings. The Hall–Kier alpha value is -0.800. The molecule has 2 aromatic rings. The molecule has 0 saturated carbocycles. The van der Waals surface area contributed by atoms with Crippen LogP contribution in [0.15, 0.2) is 39.0 Å². The molecule has 0 spiro atoms. The second-order valence-electron chi connectivity index (χ2n) is 6.47. The van der Waals surface area contributed by atoms with Crippen molar-refractivity contribution in [3.63, 3.8) is 0 Å². The zero-order chi connectivity index (χ0) is 18.0. The van der Waals surface area contributed by atoms with Crippen molar-refractivity contribution in [2.75, 3.05) is 26.2 Å². The average molecular weight is 444 g/mol. The maximum atomic E-state index is 12.7. The molecule has 0 unspecified atom stereocenters. The first kappa shape index (κ1) is 19.0. The fourth-order valence-corrected chi connectivity index (χ4v) is 5.29. The molecule has 1 saturated heterocycles. The predicted octanol–water partition coefficient (Wildman–Crippen LogP) is 3.54. The Bertz CT molecular complexity index is 811. The number of halogens is 1. The summed E-state index contributed by atoms with van der Waals surface area (Å²) in [5, 5.41) is 3.27. The summed E-state index contributed by atoms with van der Waals surface area (Å²) in [7, 11) is -3.41. The van der Waals surface area contributed by atoms with E-state index in [2.05, 4.69) is 45.0 Å². The van der Waals surface area contributed by atoms with Gasteiger partial charge in [-0.1, -0.05) is 29.8 Å². The molecule has 8 heteroatoms. The fourth-order valence-electron chi connectivity index (χ4n) is 2.77. The van der Waals surface area contributed by atoms with Gasteiger partial charge in [-0.15, -0.1) is 11.3 Å². The second kappa shape index (κ2) is 7.84. The molecule has 0 aliphatic carbocycles. The number of thiazole rings is 1. The van der Waals surface area contributed by atoms with Gasteiger partial charge in [0.05, 0.1) is 15.6 Å². The molecule has 3 rings (SSSR count). The first-order chi connectivity index (χ1) is 11.9. The van der Waals surface area contributed by atoms with Crippen molar-refractivity contribution in [3.05, 3.63) is 44.8 Å². The largest absolute Gasteiger partial charge is 0.295 e. The molecular formula is C17H22BrN3O2S2. The van der Waals surface area contributed by atoms with E-state index in [1.165, 1.54) is 0 Å². The standard InChI is InChI=1S/C17H22BrN3O2S2/c1-13(2)17-19-15(12-24-17)11-20-7-9-21(10-8-20)25(22,23)16-5-3-14(18)4-6-16/h3-6,12-13H,7-11H2,1-2H3. The number of piperazine rings is 1. The minimum atomic E-state index is -3.41. The van der Waals surface area contributed by atoms with Crippen molar-refractivity contribution in [2.45, 2.75) is 31.2 Å². The van der Waals surface area contributed by atoms with Gasteiger partial charge >= 0.3 is 0 Å². The van der Waals surface area contributed by atoms with Gasteiger partial charge in [-0.25, -0.2) is 13.4 Å². The van der Waals surface area contributed by atoms with Gasteiger partial charge in [0.1, 0.15) is 0 Å². The normalized spacial score (nSPS) is 17.3. The molecule has 1 aliphatic rings. The van der Waals surface area contributed by atoms with E-state index >= 15 is 0 Å². The third-order valence-corrected chi connectivity index (χ3v) is 7.87. The lowest BCUT2D eigenvalue weighted by Gasteiger charge is -2.33. The van der Waals surface area contributed by atoms with Crippen LogP contribution >= 0.6 is 27.3 Å². The Morgan fingerprint density at radius 2 is 1.80 bits per heavy atom. The molecular weight excluding hydrogens is 422 g/mol. The molecule has 1 aliphatic heterocycles. The van der Waals surface area contributed by atoms with Crippen LogP contribution in [0.3, 0.4) is 0 Å². The summed E-state index contributed by atoms with van der Waals surface area (Å²) >= 11 is 5.04. The summed E-state index contributed by atoms with van der Waals surface area (Å²) in [5.41, 5.74) is 1.08. The molecule has 1 aromatic carbocycles. The third kappa shape index (κ3) is 4.49. The Morgan fingerprint density at radius 1 is 1.16 bits per heavy atom. The number of rotatable bonds is 5. The highest BCUT2D eigenvalue weighted by molar-refractivity contribution is 9.10. The molecule has 0 atom stereocenters. The van der Waals surface area contributed by atoms with Gasteiger partial charge in [0.2, 0.25) is 10.0 Å². The van der Waals surface area contributed by atoms with Crippen molar-refractivity contribution in [1.29, 1.82) is 0 Å². The van der Waals surface area contributed by atoms with Gasteiger partial charge in [0.25, 0.3) is 0 Å². The first-order valence-electron chi connectivity index (χ1n) is 8.28. The van der Waals surface area contributed by atoms with Crippen LogP contribution in [0.25, 0.3) is 0 Å². The lowest BCUT2D eigenvalue weighted by molar-refractivity contribution is 0.180. The average Bonchev–Trinajstić information content (AvgIpc) is 3.04. The van der Waals surface area contributed by atoms with Crippen molar-refractivity contribution in [3.8, 4) is 0 Å². The number of hydrogen-bond acceptors (Lipinski definition) is 5. The second-order valence-corrected chi connectivity index (χ2v) is 10.2. The summed E-state index contributed by atoms with van der Waals surface area (Å²) in [4.78, 5) is 7.29. The molecule has 25 heavy (non-hydrogen) atoms. The van der Waals surface area contributed by atoms with Crippen LogP contribution in [0.1, 0.15) is 30.5 Å². The molecule has 136 valence electrons. The topological polar surface area (TPSA) is 53.5 Å². The summed E-state index contributed by atoms with van der Waals surface area (Å²) in [6.07, 6.45) is 0. The number of benzene rings is 1. The summed E-state index contributed by atoms with van der Waals surface area (Å²) in [6, 6.07) is 6.82. The summed E-state index contributed by atoms with van der Waals surface area (Å²) < 4.78 is 27.9. The lowest BCUT2D eigenvalue weighted by Crippen LogP contribution is -2.48. The van der Waals surface area contributed by atoms with Gasteiger partial charge < -0.3 is 0 Å². The van der Waals surface area contributed by atoms with Crippen LogP contribution < -0.4 is 0 Å². The van der Waals surface area contributed by atoms with E-state index in [1.54, 1.807) is 39.9 Å².